The highest BCUT2D eigenvalue weighted by Crippen LogP contribution is 2.44. The number of rotatable bonds is 5. The number of hydrogen-bond acceptors (Lipinski definition) is 2. The molecule has 0 amide bonds. The van der Waals surface area contributed by atoms with Gasteiger partial charge in [-0.15, -0.1) is 0 Å². The van der Waals surface area contributed by atoms with Crippen LogP contribution in [0, 0.1) is 16.7 Å². The van der Waals surface area contributed by atoms with Crippen LogP contribution >= 0.6 is 0 Å². The summed E-state index contributed by atoms with van der Waals surface area (Å²) in [5.74, 6) is 0. The fourth-order valence-electron chi connectivity index (χ4n) is 0.953. The van der Waals surface area contributed by atoms with Crippen LogP contribution in [0.3, 0.4) is 0 Å². The van der Waals surface area contributed by atoms with Crippen molar-refractivity contribution in [3.05, 3.63) is 0 Å². The smallest absolute Gasteiger partial charge is 0.0808 e. The Morgan fingerprint density at radius 2 is 2.27 bits per heavy atom. The van der Waals surface area contributed by atoms with Crippen LogP contribution in [-0.4, -0.2) is 13.2 Å². The summed E-state index contributed by atoms with van der Waals surface area (Å²) < 4.78 is 5.37. The first kappa shape index (κ1) is 8.55. The van der Waals surface area contributed by atoms with Crippen LogP contribution in [-0.2, 0) is 4.74 Å². The van der Waals surface area contributed by atoms with Gasteiger partial charge in [0.25, 0.3) is 0 Å². The maximum Gasteiger partial charge on any atom is 0.0808 e. The van der Waals surface area contributed by atoms with Gasteiger partial charge in [0.1, 0.15) is 0 Å². The van der Waals surface area contributed by atoms with Crippen LogP contribution in [0.2, 0.25) is 0 Å². The average molecular weight is 153 g/mol. The first-order valence-corrected chi connectivity index (χ1v) is 4.32. The van der Waals surface area contributed by atoms with Crippen molar-refractivity contribution in [1.29, 1.82) is 5.26 Å². The predicted molar refractivity (Wildman–Crippen MR) is 43.0 cm³/mol. The van der Waals surface area contributed by atoms with E-state index in [2.05, 4.69) is 13.0 Å². The summed E-state index contributed by atoms with van der Waals surface area (Å²) in [5, 5.41) is 8.68. The quantitative estimate of drug-likeness (QED) is 0.567. The van der Waals surface area contributed by atoms with Crippen molar-refractivity contribution in [3.8, 4) is 6.07 Å². The van der Waals surface area contributed by atoms with Crippen LogP contribution < -0.4 is 0 Å². The Bertz CT molecular complexity index is 155. The van der Waals surface area contributed by atoms with E-state index in [0.717, 1.165) is 25.9 Å². The van der Waals surface area contributed by atoms with Crippen molar-refractivity contribution in [2.75, 3.05) is 13.2 Å². The number of nitrogens with zero attached hydrogens (tertiary/aromatic N) is 1. The lowest BCUT2D eigenvalue weighted by atomic mass is 10.1. The summed E-state index contributed by atoms with van der Waals surface area (Å²) in [6.45, 7) is 3.62. The molecule has 1 saturated carbocycles. The summed E-state index contributed by atoms with van der Waals surface area (Å²) in [6, 6.07) is 2.30. The molecule has 0 aliphatic heterocycles. The van der Waals surface area contributed by atoms with E-state index in [1.165, 1.54) is 6.42 Å². The first-order chi connectivity index (χ1) is 5.33. The van der Waals surface area contributed by atoms with E-state index in [0.29, 0.717) is 6.61 Å². The SMILES string of the molecule is CCCCOCC1(C#N)CC1. The summed E-state index contributed by atoms with van der Waals surface area (Å²) in [4.78, 5) is 0. The highest BCUT2D eigenvalue weighted by molar-refractivity contribution is 5.09. The molecule has 0 radical (unpaired) electrons. The minimum absolute atomic E-state index is 0.0757. The second kappa shape index (κ2) is 3.73. The van der Waals surface area contributed by atoms with E-state index in [9.17, 15) is 0 Å². The molecule has 2 heteroatoms. The highest BCUT2D eigenvalue weighted by Gasteiger charge is 2.43. The lowest BCUT2D eigenvalue weighted by molar-refractivity contribution is 0.105. The topological polar surface area (TPSA) is 33.0 Å². The van der Waals surface area contributed by atoms with E-state index in [-0.39, 0.29) is 5.41 Å². The number of ether oxygens (including phenoxy) is 1. The van der Waals surface area contributed by atoms with Gasteiger partial charge in [-0.1, -0.05) is 13.3 Å². The number of nitriles is 1. The molecule has 0 bridgehead atoms. The van der Waals surface area contributed by atoms with Gasteiger partial charge < -0.3 is 4.74 Å². The van der Waals surface area contributed by atoms with Crippen molar-refractivity contribution in [3.63, 3.8) is 0 Å². The molecule has 62 valence electrons. The van der Waals surface area contributed by atoms with Crippen LogP contribution in [0.1, 0.15) is 32.6 Å². The standard InChI is InChI=1S/C9H15NO/c1-2-3-6-11-8-9(7-10)4-5-9/h2-6,8H2,1H3. The van der Waals surface area contributed by atoms with Gasteiger partial charge in [0.05, 0.1) is 18.1 Å². The molecule has 11 heavy (non-hydrogen) atoms. The van der Waals surface area contributed by atoms with Crippen LogP contribution in [0.5, 0.6) is 0 Å². The third kappa shape index (κ3) is 2.51. The predicted octanol–water partition coefficient (Wildman–Crippen LogP) is 2.11. The third-order valence-electron chi connectivity index (χ3n) is 2.11. The highest BCUT2D eigenvalue weighted by atomic mass is 16.5. The van der Waals surface area contributed by atoms with Gasteiger partial charge in [-0.2, -0.15) is 5.26 Å². The number of unbranched alkanes of at least 4 members (excludes halogenated alkanes) is 1. The van der Waals surface area contributed by atoms with Crippen LogP contribution in [0.15, 0.2) is 0 Å². The lowest BCUT2D eigenvalue weighted by Gasteiger charge is -2.05. The molecule has 0 aromatic heterocycles. The van der Waals surface area contributed by atoms with Crippen molar-refractivity contribution in [1.82, 2.24) is 0 Å². The molecule has 0 unspecified atom stereocenters. The normalized spacial score (nSPS) is 19.3. The van der Waals surface area contributed by atoms with Crippen molar-refractivity contribution in [2.45, 2.75) is 32.6 Å². The molecule has 0 N–H and O–H groups in total. The molecule has 0 spiro atoms. The lowest BCUT2D eigenvalue weighted by Crippen LogP contribution is -2.08. The molecular weight excluding hydrogens is 138 g/mol. The Labute approximate surface area is 68.2 Å². The Morgan fingerprint density at radius 3 is 2.73 bits per heavy atom. The van der Waals surface area contributed by atoms with Crippen molar-refractivity contribution in [2.24, 2.45) is 5.41 Å². The van der Waals surface area contributed by atoms with Gasteiger partial charge in [-0.3, -0.25) is 0 Å². The molecule has 1 aliphatic rings. The van der Waals surface area contributed by atoms with E-state index < -0.39 is 0 Å². The van der Waals surface area contributed by atoms with E-state index in [4.69, 9.17) is 10.00 Å². The van der Waals surface area contributed by atoms with Crippen LogP contribution in [0.25, 0.3) is 0 Å². The van der Waals surface area contributed by atoms with Crippen molar-refractivity contribution >= 4 is 0 Å². The monoisotopic (exact) mass is 153 g/mol. The zero-order chi connectivity index (χ0) is 8.16. The fourth-order valence-corrected chi connectivity index (χ4v) is 0.953. The first-order valence-electron chi connectivity index (χ1n) is 4.32. The van der Waals surface area contributed by atoms with Gasteiger partial charge in [0.15, 0.2) is 0 Å². The molecule has 1 rings (SSSR count). The minimum atomic E-state index is -0.0757. The largest absolute Gasteiger partial charge is 0.380 e. The van der Waals surface area contributed by atoms with E-state index in [1.54, 1.807) is 0 Å². The Morgan fingerprint density at radius 1 is 1.55 bits per heavy atom. The summed E-state index contributed by atoms with van der Waals surface area (Å²) >= 11 is 0. The molecule has 1 aliphatic carbocycles. The molecule has 0 aromatic carbocycles. The van der Waals surface area contributed by atoms with Crippen LogP contribution in [0.4, 0.5) is 0 Å². The molecule has 0 atom stereocenters. The Hall–Kier alpha value is -0.550. The third-order valence-corrected chi connectivity index (χ3v) is 2.11. The molecule has 0 aromatic rings. The Kier molecular flexibility index (Phi) is 2.90. The van der Waals surface area contributed by atoms with E-state index in [1.807, 2.05) is 0 Å². The maximum atomic E-state index is 8.68. The molecule has 1 fully saturated rings. The molecule has 0 saturated heterocycles. The van der Waals surface area contributed by atoms with Gasteiger partial charge in [0.2, 0.25) is 0 Å². The second-order valence-electron chi connectivity index (χ2n) is 3.30. The molecule has 0 heterocycles. The summed E-state index contributed by atoms with van der Waals surface area (Å²) in [6.07, 6.45) is 4.35. The average Bonchev–Trinajstić information content (AvgIpc) is 2.80. The minimum Gasteiger partial charge on any atom is -0.380 e. The molecular formula is C9H15NO. The summed E-state index contributed by atoms with van der Waals surface area (Å²) in [7, 11) is 0. The van der Waals surface area contributed by atoms with Crippen molar-refractivity contribution < 1.29 is 4.74 Å². The zero-order valence-corrected chi connectivity index (χ0v) is 7.10. The van der Waals surface area contributed by atoms with Gasteiger partial charge in [-0.05, 0) is 19.3 Å². The Balaban J connectivity index is 2.00. The van der Waals surface area contributed by atoms with Gasteiger partial charge >= 0.3 is 0 Å². The zero-order valence-electron chi connectivity index (χ0n) is 7.10. The van der Waals surface area contributed by atoms with Gasteiger partial charge in [0, 0.05) is 6.61 Å². The second-order valence-corrected chi connectivity index (χ2v) is 3.30. The fraction of sp³-hybridized carbons (Fsp3) is 0.889. The maximum absolute atomic E-state index is 8.68. The molecule has 2 nitrogen and oxygen atoms in total. The number of hydrogen-bond donors (Lipinski definition) is 0. The van der Waals surface area contributed by atoms with Gasteiger partial charge in [-0.25, -0.2) is 0 Å². The van der Waals surface area contributed by atoms with E-state index >= 15 is 0 Å². The summed E-state index contributed by atoms with van der Waals surface area (Å²) in [5.41, 5.74) is -0.0757.